The van der Waals surface area contributed by atoms with Crippen LogP contribution >= 0.6 is 0 Å². The number of carbonyl (C=O) groups excluding carboxylic acids is 1. The summed E-state index contributed by atoms with van der Waals surface area (Å²) in [4.78, 5) is 12.4. The van der Waals surface area contributed by atoms with E-state index < -0.39 is 6.04 Å². The monoisotopic (exact) mass is 318 g/mol. The van der Waals surface area contributed by atoms with Gasteiger partial charge in [0.25, 0.3) is 0 Å². The molecule has 1 atom stereocenters. The quantitative estimate of drug-likeness (QED) is 0.835. The number of para-hydroxylation sites is 1. The third-order valence-corrected chi connectivity index (χ3v) is 5.21. The molecular weight excluding hydrogens is 292 g/mol. The van der Waals surface area contributed by atoms with E-state index in [1.54, 1.807) is 7.11 Å². The summed E-state index contributed by atoms with van der Waals surface area (Å²) in [6, 6.07) is 7.62. The molecule has 0 bridgehead atoms. The lowest BCUT2D eigenvalue weighted by Gasteiger charge is -2.27. The van der Waals surface area contributed by atoms with Crippen molar-refractivity contribution in [2.45, 2.75) is 37.1 Å². The average molecular weight is 318 g/mol. The number of hydrogen-bond donors (Lipinski definition) is 2. The molecular formula is C18H26N2O3. The van der Waals surface area contributed by atoms with Gasteiger partial charge in [0.05, 0.1) is 13.2 Å². The minimum absolute atomic E-state index is 0.0116. The Hall–Kier alpha value is -1.59. The summed E-state index contributed by atoms with van der Waals surface area (Å²) >= 11 is 0. The van der Waals surface area contributed by atoms with Crippen LogP contribution in [-0.4, -0.2) is 38.8 Å². The van der Waals surface area contributed by atoms with Crippen LogP contribution in [0, 0.1) is 5.92 Å². The molecule has 2 fully saturated rings. The van der Waals surface area contributed by atoms with Crippen molar-refractivity contribution in [1.82, 2.24) is 5.32 Å². The van der Waals surface area contributed by atoms with Gasteiger partial charge in [0.15, 0.2) is 0 Å². The maximum absolute atomic E-state index is 12.4. The summed E-state index contributed by atoms with van der Waals surface area (Å²) < 4.78 is 10.8. The lowest BCUT2D eigenvalue weighted by molar-refractivity contribution is -0.124. The Morgan fingerprint density at radius 2 is 2.09 bits per heavy atom. The number of benzene rings is 1. The molecule has 126 valence electrons. The van der Waals surface area contributed by atoms with Crippen molar-refractivity contribution in [2.24, 2.45) is 11.7 Å². The van der Waals surface area contributed by atoms with Crippen LogP contribution in [0.3, 0.4) is 0 Å². The Morgan fingerprint density at radius 3 is 2.74 bits per heavy atom. The molecule has 0 aromatic heterocycles. The second-order valence-corrected chi connectivity index (χ2v) is 6.67. The van der Waals surface area contributed by atoms with Gasteiger partial charge in [-0.15, -0.1) is 0 Å². The van der Waals surface area contributed by atoms with Crippen LogP contribution in [0.5, 0.6) is 5.75 Å². The standard InChI is InChI=1S/C18H26N2O3/c1-22-15-5-3-2-4-14(15)18(8-9-18)12-20-17(21)16(19)13-6-10-23-11-7-13/h2-5,13,16H,6-12,19H2,1H3,(H,20,21). The van der Waals surface area contributed by atoms with E-state index in [0.29, 0.717) is 19.8 Å². The summed E-state index contributed by atoms with van der Waals surface area (Å²) in [7, 11) is 1.69. The van der Waals surface area contributed by atoms with Gasteiger partial charge in [0.1, 0.15) is 5.75 Å². The second-order valence-electron chi connectivity index (χ2n) is 6.67. The van der Waals surface area contributed by atoms with Gasteiger partial charge in [-0.05, 0) is 37.7 Å². The molecule has 23 heavy (non-hydrogen) atoms. The third kappa shape index (κ3) is 3.51. The first-order valence-electron chi connectivity index (χ1n) is 8.41. The van der Waals surface area contributed by atoms with Crippen molar-refractivity contribution in [2.75, 3.05) is 26.9 Å². The number of rotatable bonds is 6. The molecule has 1 saturated carbocycles. The predicted octanol–water partition coefficient (Wildman–Crippen LogP) is 1.60. The Balaban J connectivity index is 1.60. The van der Waals surface area contributed by atoms with Gasteiger partial charge in [0.2, 0.25) is 5.91 Å². The number of methoxy groups -OCH3 is 1. The van der Waals surface area contributed by atoms with Crippen LogP contribution in [0.4, 0.5) is 0 Å². The van der Waals surface area contributed by atoms with Crippen LogP contribution < -0.4 is 15.8 Å². The van der Waals surface area contributed by atoms with Gasteiger partial charge in [-0.2, -0.15) is 0 Å². The van der Waals surface area contributed by atoms with Crippen LogP contribution in [0.2, 0.25) is 0 Å². The first kappa shape index (κ1) is 16.3. The Morgan fingerprint density at radius 1 is 1.39 bits per heavy atom. The van der Waals surface area contributed by atoms with E-state index in [1.165, 1.54) is 5.56 Å². The van der Waals surface area contributed by atoms with Crippen molar-refractivity contribution < 1.29 is 14.3 Å². The van der Waals surface area contributed by atoms with E-state index in [-0.39, 0.29) is 17.2 Å². The summed E-state index contributed by atoms with van der Waals surface area (Å²) in [5, 5.41) is 3.07. The normalized spacial score (nSPS) is 21.5. The molecule has 1 heterocycles. The number of nitrogens with two attached hydrogens (primary N) is 1. The van der Waals surface area contributed by atoms with Crippen LogP contribution in [0.1, 0.15) is 31.2 Å². The number of amides is 1. The smallest absolute Gasteiger partial charge is 0.237 e. The fraction of sp³-hybridized carbons (Fsp3) is 0.611. The third-order valence-electron chi connectivity index (χ3n) is 5.21. The first-order chi connectivity index (χ1) is 11.2. The Kier molecular flexibility index (Phi) is 4.87. The van der Waals surface area contributed by atoms with E-state index >= 15 is 0 Å². The molecule has 1 saturated heterocycles. The largest absolute Gasteiger partial charge is 0.496 e. The van der Waals surface area contributed by atoms with Gasteiger partial charge < -0.3 is 20.5 Å². The molecule has 1 aromatic rings. The molecule has 1 amide bonds. The minimum atomic E-state index is -0.438. The van der Waals surface area contributed by atoms with Crippen LogP contribution in [0.15, 0.2) is 24.3 Å². The van der Waals surface area contributed by atoms with E-state index in [4.69, 9.17) is 15.2 Å². The molecule has 0 spiro atoms. The highest BCUT2D eigenvalue weighted by molar-refractivity contribution is 5.82. The number of ether oxygens (including phenoxy) is 2. The summed E-state index contributed by atoms with van der Waals surface area (Å²) in [6.07, 6.45) is 3.87. The molecule has 3 rings (SSSR count). The lowest BCUT2D eigenvalue weighted by atomic mass is 9.91. The maximum Gasteiger partial charge on any atom is 0.237 e. The van der Waals surface area contributed by atoms with Crippen molar-refractivity contribution in [3.8, 4) is 5.75 Å². The summed E-state index contributed by atoms with van der Waals surface area (Å²) in [5.41, 5.74) is 7.34. The summed E-state index contributed by atoms with van der Waals surface area (Å²) in [5.74, 6) is 1.08. The highest BCUT2D eigenvalue weighted by Gasteiger charge is 2.46. The van der Waals surface area contributed by atoms with Gasteiger partial charge in [0, 0.05) is 30.7 Å². The molecule has 1 unspecified atom stereocenters. The molecule has 1 aliphatic heterocycles. The van der Waals surface area contributed by atoms with Gasteiger partial charge in [-0.25, -0.2) is 0 Å². The fourth-order valence-electron chi connectivity index (χ4n) is 3.44. The molecule has 2 aliphatic rings. The topological polar surface area (TPSA) is 73.6 Å². The van der Waals surface area contributed by atoms with Crippen molar-refractivity contribution in [3.05, 3.63) is 29.8 Å². The van der Waals surface area contributed by atoms with E-state index in [1.807, 2.05) is 18.2 Å². The van der Waals surface area contributed by atoms with Gasteiger partial charge in [-0.1, -0.05) is 18.2 Å². The molecule has 1 aromatic carbocycles. The zero-order valence-corrected chi connectivity index (χ0v) is 13.7. The molecule has 0 radical (unpaired) electrons. The molecule has 3 N–H and O–H groups in total. The van der Waals surface area contributed by atoms with Crippen molar-refractivity contribution in [3.63, 3.8) is 0 Å². The number of carbonyl (C=O) groups is 1. The van der Waals surface area contributed by atoms with E-state index in [9.17, 15) is 4.79 Å². The Bertz CT molecular complexity index is 551. The van der Waals surface area contributed by atoms with Crippen LogP contribution in [0.25, 0.3) is 0 Å². The van der Waals surface area contributed by atoms with Gasteiger partial charge in [-0.3, -0.25) is 4.79 Å². The minimum Gasteiger partial charge on any atom is -0.496 e. The predicted molar refractivity (Wildman–Crippen MR) is 88.4 cm³/mol. The second kappa shape index (κ2) is 6.89. The van der Waals surface area contributed by atoms with Gasteiger partial charge >= 0.3 is 0 Å². The van der Waals surface area contributed by atoms with E-state index in [0.717, 1.165) is 31.4 Å². The maximum atomic E-state index is 12.4. The van der Waals surface area contributed by atoms with Crippen LogP contribution in [-0.2, 0) is 14.9 Å². The van der Waals surface area contributed by atoms with E-state index in [2.05, 4.69) is 11.4 Å². The number of nitrogens with one attached hydrogen (secondary N) is 1. The highest BCUT2D eigenvalue weighted by atomic mass is 16.5. The number of hydrogen-bond acceptors (Lipinski definition) is 4. The molecule has 5 nitrogen and oxygen atoms in total. The van der Waals surface area contributed by atoms with Crippen molar-refractivity contribution in [1.29, 1.82) is 0 Å². The first-order valence-corrected chi connectivity index (χ1v) is 8.41. The zero-order chi connectivity index (χ0) is 16.3. The van der Waals surface area contributed by atoms with Crippen molar-refractivity contribution >= 4 is 5.91 Å². The Labute approximate surface area is 137 Å². The fourth-order valence-corrected chi connectivity index (χ4v) is 3.44. The SMILES string of the molecule is COc1ccccc1C1(CNC(=O)C(N)C2CCOCC2)CC1. The average Bonchev–Trinajstić information content (AvgIpc) is 3.41. The summed E-state index contributed by atoms with van der Waals surface area (Å²) in [6.45, 7) is 2.04. The molecule has 1 aliphatic carbocycles. The lowest BCUT2D eigenvalue weighted by Crippen LogP contribution is -2.48. The zero-order valence-electron chi connectivity index (χ0n) is 13.7. The highest BCUT2D eigenvalue weighted by Crippen LogP contribution is 2.50. The molecule has 5 heteroatoms.